The first-order valence-corrected chi connectivity index (χ1v) is 5.75. The van der Waals surface area contributed by atoms with Gasteiger partial charge < -0.3 is 11.1 Å². The Bertz CT molecular complexity index is 426. The Hall–Kier alpha value is -0.830. The second-order valence-electron chi connectivity index (χ2n) is 3.37. The molecule has 0 bridgehead atoms. The van der Waals surface area contributed by atoms with Crippen molar-refractivity contribution in [1.82, 2.24) is 5.32 Å². The zero-order valence-corrected chi connectivity index (χ0v) is 10.8. The number of carbonyl (C=O) groups is 1. The first-order chi connectivity index (χ1) is 7.85. The lowest BCUT2D eigenvalue weighted by Gasteiger charge is -2.14. The van der Waals surface area contributed by atoms with Crippen molar-refractivity contribution in [2.45, 2.75) is 5.92 Å². The van der Waals surface area contributed by atoms with Gasteiger partial charge in [-0.05, 0) is 40.8 Å². The number of benzene rings is 1. The van der Waals surface area contributed by atoms with Gasteiger partial charge in [0.05, 0.1) is 18.7 Å². The van der Waals surface area contributed by atoms with Crippen molar-refractivity contribution in [1.29, 1.82) is 0 Å². The molecule has 0 heterocycles. The van der Waals surface area contributed by atoms with E-state index in [1.165, 1.54) is 6.07 Å². The van der Waals surface area contributed by atoms with E-state index >= 15 is 0 Å². The molecular formula is C10H10F3IN2O. The van der Waals surface area contributed by atoms with Crippen molar-refractivity contribution in [3.05, 3.63) is 33.1 Å². The van der Waals surface area contributed by atoms with E-state index in [1.807, 2.05) is 0 Å². The summed E-state index contributed by atoms with van der Waals surface area (Å²) in [4.78, 5) is 11.5. The molecule has 1 aromatic rings. The monoisotopic (exact) mass is 358 g/mol. The Labute approximate surface area is 110 Å². The molecule has 0 saturated carbocycles. The minimum atomic E-state index is -3.14. The standard InChI is InChI=1S/C10H10F3IN2O/c11-6-1-2-7(8(14)3-6)9(17)16-5-10(12,13)4-15/h1-3H,4-5,15H2,(H,16,17). The molecule has 0 fully saturated rings. The third kappa shape index (κ3) is 4.15. The van der Waals surface area contributed by atoms with Crippen LogP contribution in [0.4, 0.5) is 13.2 Å². The lowest BCUT2D eigenvalue weighted by molar-refractivity contribution is 0.0118. The van der Waals surface area contributed by atoms with Crippen LogP contribution in [0.15, 0.2) is 18.2 Å². The molecule has 0 radical (unpaired) electrons. The summed E-state index contributed by atoms with van der Waals surface area (Å²) < 4.78 is 38.7. The summed E-state index contributed by atoms with van der Waals surface area (Å²) in [7, 11) is 0. The third-order valence-electron chi connectivity index (χ3n) is 1.98. The number of hydrogen-bond donors (Lipinski definition) is 2. The number of carbonyl (C=O) groups excluding carboxylic acids is 1. The summed E-state index contributed by atoms with van der Waals surface area (Å²) in [5, 5.41) is 2.05. The lowest BCUT2D eigenvalue weighted by atomic mass is 10.2. The molecular weight excluding hydrogens is 348 g/mol. The molecule has 0 aliphatic rings. The molecule has 0 unspecified atom stereocenters. The van der Waals surface area contributed by atoms with E-state index in [9.17, 15) is 18.0 Å². The van der Waals surface area contributed by atoms with E-state index in [0.29, 0.717) is 3.57 Å². The Kier molecular flexibility index (Phi) is 4.75. The van der Waals surface area contributed by atoms with Crippen LogP contribution in [0.25, 0.3) is 0 Å². The maximum absolute atomic E-state index is 12.8. The quantitative estimate of drug-likeness (QED) is 0.806. The predicted molar refractivity (Wildman–Crippen MR) is 65.5 cm³/mol. The molecule has 0 spiro atoms. The van der Waals surface area contributed by atoms with Crippen molar-refractivity contribution in [2.75, 3.05) is 13.1 Å². The summed E-state index contributed by atoms with van der Waals surface area (Å²) in [6, 6.07) is 3.49. The fourth-order valence-electron chi connectivity index (χ4n) is 1.05. The SMILES string of the molecule is NCC(F)(F)CNC(=O)c1ccc(F)cc1I. The van der Waals surface area contributed by atoms with Crippen LogP contribution >= 0.6 is 22.6 Å². The Balaban J connectivity index is 2.71. The zero-order chi connectivity index (χ0) is 13.1. The molecule has 0 aliphatic heterocycles. The van der Waals surface area contributed by atoms with Gasteiger partial charge in [-0.1, -0.05) is 0 Å². The van der Waals surface area contributed by atoms with Gasteiger partial charge in [-0.2, -0.15) is 0 Å². The van der Waals surface area contributed by atoms with Crippen LogP contribution in [-0.2, 0) is 0 Å². The molecule has 94 valence electrons. The normalized spacial score (nSPS) is 11.4. The van der Waals surface area contributed by atoms with Gasteiger partial charge in [0.1, 0.15) is 5.82 Å². The Morgan fingerprint density at radius 2 is 2.12 bits per heavy atom. The molecule has 17 heavy (non-hydrogen) atoms. The number of nitrogens with two attached hydrogens (primary N) is 1. The number of amides is 1. The van der Waals surface area contributed by atoms with Crippen molar-refractivity contribution in [3.8, 4) is 0 Å². The van der Waals surface area contributed by atoms with E-state index < -0.39 is 30.7 Å². The van der Waals surface area contributed by atoms with Gasteiger partial charge in [-0.15, -0.1) is 0 Å². The molecule has 1 rings (SSSR count). The average Bonchev–Trinajstić information content (AvgIpc) is 2.26. The topological polar surface area (TPSA) is 55.1 Å². The minimum absolute atomic E-state index is 0.153. The van der Waals surface area contributed by atoms with Crippen molar-refractivity contribution in [3.63, 3.8) is 0 Å². The zero-order valence-electron chi connectivity index (χ0n) is 8.64. The minimum Gasteiger partial charge on any atom is -0.346 e. The summed E-state index contributed by atoms with van der Waals surface area (Å²) in [5.41, 5.74) is 4.98. The molecule has 3 N–H and O–H groups in total. The Morgan fingerprint density at radius 1 is 1.47 bits per heavy atom. The predicted octanol–water partition coefficient (Wildman–Crippen LogP) is 1.75. The summed E-state index contributed by atoms with van der Waals surface area (Å²) in [6.07, 6.45) is 0. The average molecular weight is 358 g/mol. The van der Waals surface area contributed by atoms with Crippen molar-refractivity contribution in [2.24, 2.45) is 5.73 Å². The van der Waals surface area contributed by atoms with Gasteiger partial charge in [0.15, 0.2) is 0 Å². The van der Waals surface area contributed by atoms with Gasteiger partial charge in [0.25, 0.3) is 11.8 Å². The molecule has 0 atom stereocenters. The highest BCUT2D eigenvalue weighted by molar-refractivity contribution is 14.1. The van der Waals surface area contributed by atoms with E-state index in [1.54, 1.807) is 22.6 Å². The number of hydrogen-bond acceptors (Lipinski definition) is 2. The first-order valence-electron chi connectivity index (χ1n) is 4.67. The van der Waals surface area contributed by atoms with Gasteiger partial charge in [-0.25, -0.2) is 13.2 Å². The lowest BCUT2D eigenvalue weighted by Crippen LogP contribution is -2.41. The van der Waals surface area contributed by atoms with E-state index in [-0.39, 0.29) is 5.56 Å². The van der Waals surface area contributed by atoms with Crippen molar-refractivity contribution < 1.29 is 18.0 Å². The second kappa shape index (κ2) is 5.67. The van der Waals surface area contributed by atoms with Crippen LogP contribution in [-0.4, -0.2) is 24.9 Å². The molecule has 7 heteroatoms. The highest BCUT2D eigenvalue weighted by atomic mass is 127. The van der Waals surface area contributed by atoms with E-state index in [2.05, 4.69) is 5.32 Å². The number of alkyl halides is 2. The highest BCUT2D eigenvalue weighted by Crippen LogP contribution is 2.15. The number of rotatable bonds is 4. The molecule has 1 aromatic carbocycles. The summed E-state index contributed by atoms with van der Waals surface area (Å²) >= 11 is 1.76. The summed E-state index contributed by atoms with van der Waals surface area (Å²) in [5.74, 6) is -4.30. The first kappa shape index (κ1) is 14.2. The maximum Gasteiger partial charge on any atom is 0.277 e. The van der Waals surface area contributed by atoms with E-state index in [4.69, 9.17) is 5.73 Å². The van der Waals surface area contributed by atoms with Crippen LogP contribution in [0.2, 0.25) is 0 Å². The second-order valence-corrected chi connectivity index (χ2v) is 4.53. The molecule has 1 amide bonds. The maximum atomic E-state index is 12.8. The van der Waals surface area contributed by atoms with Gasteiger partial charge >= 0.3 is 0 Å². The van der Waals surface area contributed by atoms with Crippen molar-refractivity contribution >= 4 is 28.5 Å². The van der Waals surface area contributed by atoms with Crippen LogP contribution in [0.5, 0.6) is 0 Å². The fourth-order valence-corrected chi connectivity index (χ4v) is 1.77. The van der Waals surface area contributed by atoms with Gasteiger partial charge in [-0.3, -0.25) is 4.79 Å². The Morgan fingerprint density at radius 3 is 2.65 bits per heavy atom. The highest BCUT2D eigenvalue weighted by Gasteiger charge is 2.27. The largest absolute Gasteiger partial charge is 0.346 e. The molecule has 0 aliphatic carbocycles. The van der Waals surface area contributed by atoms with Crippen LogP contribution in [0, 0.1) is 9.39 Å². The fraction of sp³-hybridized carbons (Fsp3) is 0.300. The van der Waals surface area contributed by atoms with Gasteiger partial charge in [0.2, 0.25) is 0 Å². The van der Waals surface area contributed by atoms with Crippen LogP contribution in [0.1, 0.15) is 10.4 Å². The molecule has 0 aromatic heterocycles. The van der Waals surface area contributed by atoms with Gasteiger partial charge in [0, 0.05) is 3.57 Å². The third-order valence-corrected chi connectivity index (χ3v) is 2.87. The van der Waals surface area contributed by atoms with Crippen LogP contribution in [0.3, 0.4) is 0 Å². The number of nitrogens with one attached hydrogen (secondary N) is 1. The number of halogens is 4. The molecule has 0 saturated heterocycles. The van der Waals surface area contributed by atoms with Crippen LogP contribution < -0.4 is 11.1 Å². The summed E-state index contributed by atoms with van der Waals surface area (Å²) in [6.45, 7) is -1.68. The molecule has 3 nitrogen and oxygen atoms in total. The van der Waals surface area contributed by atoms with E-state index in [0.717, 1.165) is 12.1 Å². The smallest absolute Gasteiger partial charge is 0.277 e.